The molecule has 0 saturated carbocycles. The second-order valence-corrected chi connectivity index (χ2v) is 7.16. The topological polar surface area (TPSA) is 60.2 Å². The number of benzene rings is 2. The fourth-order valence-corrected chi connectivity index (χ4v) is 3.62. The third-order valence-corrected chi connectivity index (χ3v) is 5.22. The normalized spacial score (nSPS) is 13.2. The smallest absolute Gasteiger partial charge is 0.180 e. The van der Waals surface area contributed by atoms with Crippen LogP contribution in [0.3, 0.4) is 0 Å². The summed E-state index contributed by atoms with van der Waals surface area (Å²) in [5, 5.41) is 0.485. The highest BCUT2D eigenvalue weighted by atomic mass is 35.5. The molecule has 20 heavy (non-hydrogen) atoms. The van der Waals surface area contributed by atoms with Crippen molar-refractivity contribution in [1.29, 1.82) is 0 Å². The molecule has 106 valence electrons. The molecule has 0 amide bonds. The molecule has 2 rings (SSSR count). The summed E-state index contributed by atoms with van der Waals surface area (Å²) < 4.78 is 24.6. The molecule has 0 bridgehead atoms. The second kappa shape index (κ2) is 5.95. The van der Waals surface area contributed by atoms with Crippen LogP contribution < -0.4 is 5.73 Å². The minimum atomic E-state index is -3.42. The van der Waals surface area contributed by atoms with E-state index in [1.165, 1.54) is 0 Å². The van der Waals surface area contributed by atoms with Crippen LogP contribution in [0.4, 0.5) is 0 Å². The lowest BCUT2D eigenvalue weighted by molar-refractivity contribution is 0.589. The van der Waals surface area contributed by atoms with E-state index in [4.69, 9.17) is 17.3 Å². The summed E-state index contributed by atoms with van der Waals surface area (Å²) in [6, 6.07) is 13.1. The molecule has 0 spiro atoms. The fraction of sp³-hybridized carbons (Fsp3) is 0.200. The van der Waals surface area contributed by atoms with Crippen molar-refractivity contribution >= 4 is 21.4 Å². The number of aryl methyl sites for hydroxylation is 1. The number of halogens is 1. The Morgan fingerprint density at radius 2 is 1.70 bits per heavy atom. The predicted molar refractivity (Wildman–Crippen MR) is 81.6 cm³/mol. The van der Waals surface area contributed by atoms with Crippen molar-refractivity contribution in [2.75, 3.05) is 5.75 Å². The average molecular weight is 310 g/mol. The molecule has 0 aliphatic rings. The van der Waals surface area contributed by atoms with Crippen LogP contribution in [0.5, 0.6) is 0 Å². The summed E-state index contributed by atoms with van der Waals surface area (Å²) in [5.74, 6) is -0.167. The zero-order chi connectivity index (χ0) is 14.8. The lowest BCUT2D eigenvalue weighted by atomic mass is 10.1. The van der Waals surface area contributed by atoms with Gasteiger partial charge in [-0.25, -0.2) is 8.42 Å². The van der Waals surface area contributed by atoms with Gasteiger partial charge in [-0.1, -0.05) is 47.5 Å². The Labute approximate surface area is 124 Å². The second-order valence-electron chi connectivity index (χ2n) is 4.72. The quantitative estimate of drug-likeness (QED) is 0.944. The number of hydrogen-bond donors (Lipinski definition) is 1. The molecule has 2 aromatic carbocycles. The van der Waals surface area contributed by atoms with Crippen LogP contribution >= 0.6 is 11.6 Å². The Morgan fingerprint density at radius 3 is 2.30 bits per heavy atom. The molecule has 0 aliphatic heterocycles. The van der Waals surface area contributed by atoms with Crippen molar-refractivity contribution in [2.24, 2.45) is 5.73 Å². The summed E-state index contributed by atoms with van der Waals surface area (Å²) in [5.41, 5.74) is 7.64. The van der Waals surface area contributed by atoms with E-state index in [0.29, 0.717) is 10.6 Å². The minimum Gasteiger partial charge on any atom is -0.323 e. The first-order valence-electron chi connectivity index (χ1n) is 6.19. The van der Waals surface area contributed by atoms with Gasteiger partial charge in [0.15, 0.2) is 9.84 Å². The maximum atomic E-state index is 12.3. The Bertz CT molecular complexity index is 696. The molecule has 1 unspecified atom stereocenters. The first-order chi connectivity index (χ1) is 9.40. The van der Waals surface area contributed by atoms with E-state index >= 15 is 0 Å². The average Bonchev–Trinajstić information content (AvgIpc) is 2.39. The van der Waals surface area contributed by atoms with Crippen molar-refractivity contribution in [3.63, 3.8) is 0 Å². The van der Waals surface area contributed by atoms with E-state index in [0.717, 1.165) is 5.56 Å². The standard InChI is InChI=1S/C15H16ClNO2S/c1-11-6-8-12(9-7-11)20(18,19)10-15(17)13-4-2-3-5-14(13)16/h2-9,15H,10,17H2,1H3. The van der Waals surface area contributed by atoms with Crippen molar-refractivity contribution in [3.8, 4) is 0 Å². The van der Waals surface area contributed by atoms with Crippen molar-refractivity contribution in [3.05, 3.63) is 64.7 Å². The van der Waals surface area contributed by atoms with Crippen LogP contribution in [0.1, 0.15) is 17.2 Å². The largest absolute Gasteiger partial charge is 0.323 e. The molecule has 3 nitrogen and oxygen atoms in total. The van der Waals surface area contributed by atoms with Gasteiger partial charge in [0, 0.05) is 11.1 Å². The molecular formula is C15H16ClNO2S. The Kier molecular flexibility index (Phi) is 4.48. The zero-order valence-electron chi connectivity index (χ0n) is 11.1. The number of hydrogen-bond acceptors (Lipinski definition) is 3. The molecule has 0 aliphatic carbocycles. The van der Waals surface area contributed by atoms with E-state index in [2.05, 4.69) is 0 Å². The van der Waals surface area contributed by atoms with E-state index in [-0.39, 0.29) is 10.6 Å². The van der Waals surface area contributed by atoms with Crippen molar-refractivity contribution < 1.29 is 8.42 Å². The minimum absolute atomic E-state index is 0.167. The van der Waals surface area contributed by atoms with Gasteiger partial charge >= 0.3 is 0 Å². The van der Waals surface area contributed by atoms with E-state index in [9.17, 15) is 8.42 Å². The summed E-state index contributed by atoms with van der Waals surface area (Å²) >= 11 is 6.04. The van der Waals surface area contributed by atoms with Gasteiger partial charge in [0.1, 0.15) is 0 Å². The maximum Gasteiger partial charge on any atom is 0.180 e. The first kappa shape index (κ1) is 15.0. The Morgan fingerprint density at radius 1 is 1.10 bits per heavy atom. The van der Waals surface area contributed by atoms with Crippen LogP contribution in [0.15, 0.2) is 53.4 Å². The summed E-state index contributed by atoms with van der Waals surface area (Å²) in [6.07, 6.45) is 0. The molecule has 0 radical (unpaired) electrons. The highest BCUT2D eigenvalue weighted by molar-refractivity contribution is 7.91. The highest BCUT2D eigenvalue weighted by Gasteiger charge is 2.21. The third-order valence-electron chi connectivity index (χ3n) is 3.08. The Hall–Kier alpha value is -1.36. The van der Waals surface area contributed by atoms with Gasteiger partial charge in [0.05, 0.1) is 10.6 Å². The summed E-state index contributed by atoms with van der Waals surface area (Å²) in [4.78, 5) is 0.283. The van der Waals surface area contributed by atoms with Gasteiger partial charge in [0.2, 0.25) is 0 Å². The van der Waals surface area contributed by atoms with Crippen LogP contribution in [-0.4, -0.2) is 14.2 Å². The van der Waals surface area contributed by atoms with Gasteiger partial charge < -0.3 is 5.73 Å². The molecule has 5 heteroatoms. The maximum absolute atomic E-state index is 12.3. The summed E-state index contributed by atoms with van der Waals surface area (Å²) in [7, 11) is -3.42. The van der Waals surface area contributed by atoms with Crippen LogP contribution in [0.25, 0.3) is 0 Å². The fourth-order valence-electron chi connectivity index (χ4n) is 1.94. The molecule has 2 aromatic rings. The van der Waals surface area contributed by atoms with Gasteiger partial charge in [-0.2, -0.15) is 0 Å². The number of sulfone groups is 1. The molecule has 1 atom stereocenters. The van der Waals surface area contributed by atoms with Gasteiger partial charge in [-0.15, -0.1) is 0 Å². The molecular weight excluding hydrogens is 294 g/mol. The molecule has 2 N–H and O–H groups in total. The molecule has 0 fully saturated rings. The van der Waals surface area contributed by atoms with Crippen LogP contribution in [0, 0.1) is 6.92 Å². The third kappa shape index (κ3) is 3.39. The van der Waals surface area contributed by atoms with Crippen molar-refractivity contribution in [1.82, 2.24) is 0 Å². The number of rotatable bonds is 4. The van der Waals surface area contributed by atoms with Crippen molar-refractivity contribution in [2.45, 2.75) is 17.9 Å². The SMILES string of the molecule is Cc1ccc(S(=O)(=O)CC(N)c2ccccc2Cl)cc1. The first-order valence-corrected chi connectivity index (χ1v) is 8.22. The number of nitrogens with two attached hydrogens (primary N) is 1. The summed E-state index contributed by atoms with van der Waals surface area (Å²) in [6.45, 7) is 1.91. The zero-order valence-corrected chi connectivity index (χ0v) is 12.7. The van der Waals surface area contributed by atoms with E-state index in [1.807, 2.05) is 6.92 Å². The predicted octanol–water partition coefficient (Wildman–Crippen LogP) is 3.12. The van der Waals surface area contributed by atoms with Crippen LogP contribution in [-0.2, 0) is 9.84 Å². The molecule has 0 saturated heterocycles. The van der Waals surface area contributed by atoms with Crippen LogP contribution in [0.2, 0.25) is 5.02 Å². The monoisotopic (exact) mass is 309 g/mol. The van der Waals surface area contributed by atoms with E-state index < -0.39 is 15.9 Å². The lowest BCUT2D eigenvalue weighted by Gasteiger charge is -2.14. The van der Waals surface area contributed by atoms with Gasteiger partial charge in [0.25, 0.3) is 0 Å². The highest BCUT2D eigenvalue weighted by Crippen LogP contribution is 2.24. The van der Waals surface area contributed by atoms with Gasteiger partial charge in [-0.3, -0.25) is 0 Å². The Balaban J connectivity index is 2.24. The van der Waals surface area contributed by atoms with Gasteiger partial charge in [-0.05, 0) is 30.7 Å². The van der Waals surface area contributed by atoms with E-state index in [1.54, 1.807) is 48.5 Å². The molecule has 0 aromatic heterocycles. The lowest BCUT2D eigenvalue weighted by Crippen LogP contribution is -2.22. The molecule has 0 heterocycles.